The fraction of sp³-hybridized carbons (Fsp3) is 0.750. The number of aromatic nitrogens is 1. The highest BCUT2D eigenvalue weighted by Gasteiger charge is 2.45. The quantitative estimate of drug-likeness (QED) is 0.837. The lowest BCUT2D eigenvalue weighted by Gasteiger charge is -2.41. The molecule has 3 fully saturated rings. The van der Waals surface area contributed by atoms with Crippen molar-refractivity contribution >= 4 is 17.2 Å². The number of carbonyl (C=O) groups is 1. The van der Waals surface area contributed by atoms with E-state index in [1.165, 1.54) is 0 Å². The predicted molar refractivity (Wildman–Crippen MR) is 85.6 cm³/mol. The third-order valence-electron chi connectivity index (χ3n) is 5.08. The Balaban J connectivity index is 1.47. The van der Waals surface area contributed by atoms with Crippen LogP contribution in [0.3, 0.4) is 0 Å². The van der Waals surface area contributed by atoms with Crippen LogP contribution in [0, 0.1) is 11.8 Å². The van der Waals surface area contributed by atoms with Gasteiger partial charge >= 0.3 is 0 Å². The van der Waals surface area contributed by atoms with Crippen LogP contribution in [0.15, 0.2) is 11.6 Å². The van der Waals surface area contributed by atoms with E-state index in [4.69, 9.17) is 9.57 Å². The highest BCUT2D eigenvalue weighted by molar-refractivity contribution is 7.09. The second kappa shape index (κ2) is 6.84. The molecule has 0 bridgehead atoms. The summed E-state index contributed by atoms with van der Waals surface area (Å²) in [4.78, 5) is 25.2. The van der Waals surface area contributed by atoms with Crippen molar-refractivity contribution in [2.45, 2.75) is 31.9 Å². The topological polar surface area (TPSA) is 54.9 Å². The lowest BCUT2D eigenvalue weighted by Crippen LogP contribution is -2.53. The SMILES string of the molecule is O=C([C@H]1CN(Cc2nccs2)C[C@H]2OCC[C@@H]12)N1CCCCO1. The molecule has 3 aliphatic rings. The van der Waals surface area contributed by atoms with Crippen molar-refractivity contribution in [3.05, 3.63) is 16.6 Å². The summed E-state index contributed by atoms with van der Waals surface area (Å²) in [5.41, 5.74) is 0. The first-order chi connectivity index (χ1) is 11.3. The number of nitrogens with zero attached hydrogens (tertiary/aromatic N) is 3. The van der Waals surface area contributed by atoms with E-state index in [0.29, 0.717) is 12.5 Å². The molecule has 0 aliphatic carbocycles. The van der Waals surface area contributed by atoms with Crippen molar-refractivity contribution in [1.82, 2.24) is 14.9 Å². The van der Waals surface area contributed by atoms with E-state index < -0.39 is 0 Å². The van der Waals surface area contributed by atoms with Gasteiger partial charge < -0.3 is 4.74 Å². The summed E-state index contributed by atoms with van der Waals surface area (Å²) < 4.78 is 5.90. The maximum absolute atomic E-state index is 12.9. The molecule has 0 N–H and O–H groups in total. The van der Waals surface area contributed by atoms with Gasteiger partial charge in [0.1, 0.15) is 5.01 Å². The number of hydrogen-bond donors (Lipinski definition) is 0. The number of fused-ring (bicyclic) bond motifs is 1. The number of carbonyl (C=O) groups excluding carboxylic acids is 1. The van der Waals surface area contributed by atoms with Gasteiger partial charge in [0.2, 0.25) is 0 Å². The summed E-state index contributed by atoms with van der Waals surface area (Å²) in [6, 6.07) is 0. The minimum Gasteiger partial charge on any atom is -0.377 e. The fourth-order valence-corrected chi connectivity index (χ4v) is 4.58. The number of rotatable bonds is 3. The molecule has 0 aromatic carbocycles. The molecule has 7 heteroatoms. The third-order valence-corrected chi connectivity index (χ3v) is 5.84. The Labute approximate surface area is 140 Å². The molecule has 1 aromatic rings. The van der Waals surface area contributed by atoms with E-state index in [1.54, 1.807) is 16.4 Å². The maximum Gasteiger partial charge on any atom is 0.250 e. The van der Waals surface area contributed by atoms with E-state index in [1.807, 2.05) is 11.6 Å². The first-order valence-corrected chi connectivity index (χ1v) is 9.36. The number of amides is 1. The van der Waals surface area contributed by atoms with E-state index in [2.05, 4.69) is 9.88 Å². The second-order valence-corrected chi connectivity index (χ2v) is 7.55. The number of piperidine rings is 1. The zero-order valence-electron chi connectivity index (χ0n) is 13.2. The van der Waals surface area contributed by atoms with Crippen LogP contribution in [-0.2, 0) is 20.9 Å². The van der Waals surface area contributed by atoms with Gasteiger partial charge in [0.15, 0.2) is 0 Å². The first-order valence-electron chi connectivity index (χ1n) is 8.48. The normalized spacial score (nSPS) is 32.0. The third kappa shape index (κ3) is 3.28. The Morgan fingerprint density at radius 1 is 1.35 bits per heavy atom. The van der Waals surface area contributed by atoms with Crippen molar-refractivity contribution < 1.29 is 14.4 Å². The van der Waals surface area contributed by atoms with Gasteiger partial charge in [-0.3, -0.25) is 14.5 Å². The highest BCUT2D eigenvalue weighted by Crippen LogP contribution is 2.35. The monoisotopic (exact) mass is 337 g/mol. The molecule has 4 heterocycles. The molecule has 1 aromatic heterocycles. The molecule has 4 rings (SSSR count). The Morgan fingerprint density at radius 3 is 3.09 bits per heavy atom. The smallest absolute Gasteiger partial charge is 0.250 e. The molecule has 6 nitrogen and oxygen atoms in total. The molecular formula is C16H23N3O3S. The van der Waals surface area contributed by atoms with E-state index >= 15 is 0 Å². The van der Waals surface area contributed by atoms with Crippen LogP contribution in [0.5, 0.6) is 0 Å². The van der Waals surface area contributed by atoms with Gasteiger partial charge in [-0.25, -0.2) is 10.0 Å². The lowest BCUT2D eigenvalue weighted by atomic mass is 9.82. The molecule has 3 aliphatic heterocycles. The van der Waals surface area contributed by atoms with E-state index in [9.17, 15) is 4.79 Å². The molecule has 0 radical (unpaired) electrons. The molecule has 1 amide bonds. The van der Waals surface area contributed by atoms with Crippen molar-refractivity contribution in [1.29, 1.82) is 0 Å². The van der Waals surface area contributed by atoms with Crippen LogP contribution in [0.1, 0.15) is 24.3 Å². The lowest BCUT2D eigenvalue weighted by molar-refractivity contribution is -0.205. The largest absolute Gasteiger partial charge is 0.377 e. The molecule has 0 unspecified atom stereocenters. The average molecular weight is 337 g/mol. The van der Waals surface area contributed by atoms with E-state index in [-0.39, 0.29) is 17.9 Å². The van der Waals surface area contributed by atoms with Crippen LogP contribution < -0.4 is 0 Å². The Morgan fingerprint density at radius 2 is 2.30 bits per heavy atom. The minimum atomic E-state index is -0.0192. The van der Waals surface area contributed by atoms with Gasteiger partial charge in [-0.1, -0.05) is 0 Å². The Kier molecular flexibility index (Phi) is 4.61. The number of likely N-dealkylation sites (tertiary alicyclic amines) is 1. The molecule has 3 atom stereocenters. The summed E-state index contributed by atoms with van der Waals surface area (Å²) >= 11 is 1.67. The number of thiazole rings is 1. The molecule has 0 saturated carbocycles. The summed E-state index contributed by atoms with van der Waals surface area (Å²) in [5, 5.41) is 4.70. The first kappa shape index (κ1) is 15.5. The maximum atomic E-state index is 12.9. The molecule has 3 saturated heterocycles. The van der Waals surface area contributed by atoms with E-state index in [0.717, 1.165) is 57.1 Å². The molecule has 23 heavy (non-hydrogen) atoms. The van der Waals surface area contributed by atoms with Crippen molar-refractivity contribution in [3.8, 4) is 0 Å². The van der Waals surface area contributed by atoms with Gasteiger partial charge in [-0.15, -0.1) is 11.3 Å². The summed E-state index contributed by atoms with van der Waals surface area (Å²) in [6.45, 7) is 4.63. The van der Waals surface area contributed by atoms with Crippen LogP contribution in [0.25, 0.3) is 0 Å². The average Bonchev–Trinajstić information content (AvgIpc) is 3.26. The predicted octanol–water partition coefficient (Wildman–Crippen LogP) is 1.53. The molecule has 126 valence electrons. The van der Waals surface area contributed by atoms with Gasteiger partial charge in [0.05, 0.1) is 25.2 Å². The Hall–Kier alpha value is -1.02. The second-order valence-electron chi connectivity index (χ2n) is 6.57. The Bertz CT molecular complexity index is 533. The number of hydrogen-bond acceptors (Lipinski definition) is 6. The van der Waals surface area contributed by atoms with Crippen molar-refractivity contribution in [3.63, 3.8) is 0 Å². The van der Waals surface area contributed by atoms with Gasteiger partial charge in [0, 0.05) is 43.7 Å². The van der Waals surface area contributed by atoms with Crippen LogP contribution in [-0.4, -0.2) is 59.8 Å². The number of hydroxylamine groups is 2. The zero-order chi connectivity index (χ0) is 15.6. The van der Waals surface area contributed by atoms with Crippen LogP contribution in [0.4, 0.5) is 0 Å². The summed E-state index contributed by atoms with van der Waals surface area (Å²) in [7, 11) is 0. The standard InChI is InChI=1S/C16H23N3O3S/c20-16(19-5-1-2-6-22-19)13-9-18(11-15-17-4-8-23-15)10-14-12(13)3-7-21-14/h4,8,12-14H,1-3,5-7,9-11H2/t12-,13-,14+/m0/s1. The fourth-order valence-electron chi connectivity index (χ4n) is 3.92. The van der Waals surface area contributed by atoms with Crippen LogP contribution in [0.2, 0.25) is 0 Å². The minimum absolute atomic E-state index is 0.0192. The van der Waals surface area contributed by atoms with Crippen LogP contribution >= 0.6 is 11.3 Å². The highest BCUT2D eigenvalue weighted by atomic mass is 32.1. The van der Waals surface area contributed by atoms with Gasteiger partial charge in [0.25, 0.3) is 5.91 Å². The number of ether oxygens (including phenoxy) is 1. The van der Waals surface area contributed by atoms with Crippen molar-refractivity contribution in [2.75, 3.05) is 32.8 Å². The zero-order valence-corrected chi connectivity index (χ0v) is 14.0. The van der Waals surface area contributed by atoms with Crippen molar-refractivity contribution in [2.24, 2.45) is 11.8 Å². The van der Waals surface area contributed by atoms with Gasteiger partial charge in [-0.05, 0) is 19.3 Å². The van der Waals surface area contributed by atoms with Gasteiger partial charge in [-0.2, -0.15) is 0 Å². The summed E-state index contributed by atoms with van der Waals surface area (Å²) in [6.07, 6.45) is 5.07. The molecule has 0 spiro atoms. The summed E-state index contributed by atoms with van der Waals surface area (Å²) in [5.74, 6) is 0.462. The molecular weight excluding hydrogens is 314 g/mol.